The van der Waals surface area contributed by atoms with Crippen molar-refractivity contribution in [1.29, 1.82) is 5.26 Å². The van der Waals surface area contributed by atoms with Gasteiger partial charge in [-0.1, -0.05) is 97.1 Å². The van der Waals surface area contributed by atoms with Gasteiger partial charge in [0.15, 0.2) is 5.82 Å². The first kappa shape index (κ1) is 26.8. The smallest absolute Gasteiger partial charge is 0.160 e. The van der Waals surface area contributed by atoms with Crippen molar-refractivity contribution in [2.45, 2.75) is 0 Å². The van der Waals surface area contributed by atoms with E-state index in [1.807, 2.05) is 24.3 Å². The van der Waals surface area contributed by atoms with E-state index in [1.54, 1.807) is 11.3 Å². The molecule has 48 heavy (non-hydrogen) atoms. The van der Waals surface area contributed by atoms with E-state index < -0.39 is 0 Å². The highest BCUT2D eigenvalue weighted by molar-refractivity contribution is 7.25. The van der Waals surface area contributed by atoms with E-state index in [0.29, 0.717) is 11.4 Å². The van der Waals surface area contributed by atoms with Gasteiger partial charge in [-0.05, 0) is 59.3 Å². The van der Waals surface area contributed by atoms with Crippen molar-refractivity contribution in [2.75, 3.05) is 0 Å². The third kappa shape index (κ3) is 4.00. The Morgan fingerprint density at radius 3 is 2.10 bits per heavy atom. The molecule has 10 rings (SSSR count). The lowest BCUT2D eigenvalue weighted by molar-refractivity contribution is 1.17. The van der Waals surface area contributed by atoms with Crippen LogP contribution in [0.5, 0.6) is 0 Å². The molecule has 0 aliphatic rings. The van der Waals surface area contributed by atoms with E-state index in [-0.39, 0.29) is 0 Å². The average molecular weight is 629 g/mol. The summed E-state index contributed by atoms with van der Waals surface area (Å²) in [4.78, 5) is 10.2. The maximum Gasteiger partial charge on any atom is 0.160 e. The highest BCUT2D eigenvalue weighted by atomic mass is 32.1. The average Bonchev–Trinajstić information content (AvgIpc) is 3.68. The van der Waals surface area contributed by atoms with Gasteiger partial charge >= 0.3 is 0 Å². The number of nitriles is 1. The van der Waals surface area contributed by atoms with Gasteiger partial charge in [-0.2, -0.15) is 5.26 Å². The Hall–Kier alpha value is -6.35. The second kappa shape index (κ2) is 10.3. The molecule has 0 atom stereocenters. The molecule has 10 aromatic rings. The molecule has 5 heteroatoms. The molecule has 0 aliphatic heterocycles. The van der Waals surface area contributed by atoms with Crippen LogP contribution < -0.4 is 0 Å². The van der Waals surface area contributed by atoms with Crippen molar-refractivity contribution in [3.63, 3.8) is 0 Å². The van der Waals surface area contributed by atoms with Gasteiger partial charge in [0.25, 0.3) is 0 Å². The molecular formula is C43H24N4S. The standard InChI is InChI=1S/C43H24N4S/c44-25-30-21-28(18-20-37(30)47-38-15-7-4-11-31(38)35-22-26-9-1-2-10-27(26)23-39(35)47)42-34-13-3-6-14-36(34)45-43(46-42)29-17-19-33-32-12-5-8-16-40(32)48-41(33)24-29/h1-24H. The summed E-state index contributed by atoms with van der Waals surface area (Å²) < 4.78 is 4.70. The molecule has 3 aromatic heterocycles. The van der Waals surface area contributed by atoms with Crippen LogP contribution in [0.3, 0.4) is 0 Å². The van der Waals surface area contributed by atoms with Crippen molar-refractivity contribution < 1.29 is 0 Å². The summed E-state index contributed by atoms with van der Waals surface area (Å²) in [5.41, 5.74) is 7.09. The molecule has 0 saturated carbocycles. The van der Waals surface area contributed by atoms with Crippen LogP contribution in [0.4, 0.5) is 0 Å². The first-order valence-corrected chi connectivity index (χ1v) is 16.7. The van der Waals surface area contributed by atoms with Crippen LogP contribution in [-0.2, 0) is 0 Å². The van der Waals surface area contributed by atoms with Gasteiger partial charge < -0.3 is 4.57 Å². The molecule has 0 amide bonds. The number of fused-ring (bicyclic) bond motifs is 8. The zero-order valence-electron chi connectivity index (χ0n) is 25.6. The van der Waals surface area contributed by atoms with Crippen LogP contribution in [0.2, 0.25) is 0 Å². The van der Waals surface area contributed by atoms with Gasteiger partial charge in [0.1, 0.15) is 6.07 Å². The minimum Gasteiger partial charge on any atom is -0.308 e. The zero-order valence-corrected chi connectivity index (χ0v) is 26.4. The lowest BCUT2D eigenvalue weighted by Crippen LogP contribution is -1.99. The van der Waals surface area contributed by atoms with Crippen molar-refractivity contribution >= 4 is 75.0 Å². The maximum atomic E-state index is 10.6. The van der Waals surface area contributed by atoms with Crippen molar-refractivity contribution in [3.05, 3.63) is 151 Å². The molecule has 7 aromatic carbocycles. The number of aromatic nitrogens is 3. The lowest BCUT2D eigenvalue weighted by atomic mass is 10.0. The van der Waals surface area contributed by atoms with E-state index >= 15 is 0 Å². The van der Waals surface area contributed by atoms with Crippen LogP contribution in [0.15, 0.2) is 146 Å². The Morgan fingerprint density at radius 1 is 0.521 bits per heavy atom. The molecule has 3 heterocycles. The SMILES string of the molecule is N#Cc1cc(-c2nc(-c3ccc4c(c3)sc3ccccc34)nc3ccccc23)ccc1-n1c2ccccc2c2cc3ccccc3cc21. The monoisotopic (exact) mass is 628 g/mol. The molecular weight excluding hydrogens is 605 g/mol. The normalized spacial score (nSPS) is 11.7. The Labute approximate surface area is 279 Å². The van der Waals surface area contributed by atoms with E-state index in [2.05, 4.69) is 132 Å². The second-order valence-electron chi connectivity index (χ2n) is 12.1. The number of hydrogen-bond donors (Lipinski definition) is 0. The summed E-state index contributed by atoms with van der Waals surface area (Å²) >= 11 is 1.79. The van der Waals surface area contributed by atoms with Crippen molar-refractivity contribution in [1.82, 2.24) is 14.5 Å². The van der Waals surface area contributed by atoms with E-state index in [9.17, 15) is 5.26 Å². The highest BCUT2D eigenvalue weighted by Gasteiger charge is 2.18. The Balaban J connectivity index is 1.17. The third-order valence-corrected chi connectivity index (χ3v) is 10.5. The summed E-state index contributed by atoms with van der Waals surface area (Å²) in [6, 6.07) is 53.1. The number of hydrogen-bond acceptors (Lipinski definition) is 4. The molecule has 0 aliphatic carbocycles. The number of rotatable bonds is 3. The molecule has 0 unspecified atom stereocenters. The van der Waals surface area contributed by atoms with Gasteiger partial charge in [0, 0.05) is 47.5 Å². The van der Waals surface area contributed by atoms with E-state index in [4.69, 9.17) is 9.97 Å². The van der Waals surface area contributed by atoms with Gasteiger partial charge in [0.05, 0.1) is 33.5 Å². The van der Waals surface area contributed by atoms with Crippen LogP contribution >= 0.6 is 11.3 Å². The number of nitrogens with zero attached hydrogens (tertiary/aromatic N) is 4. The number of thiophene rings is 1. The lowest BCUT2D eigenvalue weighted by Gasteiger charge is -2.13. The molecule has 0 N–H and O–H groups in total. The first-order valence-electron chi connectivity index (χ1n) is 15.9. The summed E-state index contributed by atoms with van der Waals surface area (Å²) in [6.45, 7) is 0. The Bertz CT molecular complexity index is 2980. The van der Waals surface area contributed by atoms with E-state index in [1.165, 1.54) is 30.9 Å². The van der Waals surface area contributed by atoms with Gasteiger partial charge in [0.2, 0.25) is 0 Å². The fraction of sp³-hybridized carbons (Fsp3) is 0. The molecule has 0 bridgehead atoms. The quantitative estimate of drug-likeness (QED) is 0.196. The Kier molecular flexibility index (Phi) is 5.77. The largest absolute Gasteiger partial charge is 0.308 e. The fourth-order valence-electron chi connectivity index (χ4n) is 7.17. The second-order valence-corrected chi connectivity index (χ2v) is 13.2. The van der Waals surface area contributed by atoms with Crippen LogP contribution in [-0.4, -0.2) is 14.5 Å². The van der Waals surface area contributed by atoms with Crippen LogP contribution in [0.1, 0.15) is 5.56 Å². The van der Waals surface area contributed by atoms with Gasteiger partial charge in [-0.3, -0.25) is 0 Å². The maximum absolute atomic E-state index is 10.6. The molecule has 222 valence electrons. The third-order valence-electron chi connectivity index (χ3n) is 9.41. The molecule has 4 nitrogen and oxygen atoms in total. The van der Waals surface area contributed by atoms with E-state index in [0.717, 1.165) is 55.2 Å². The summed E-state index contributed by atoms with van der Waals surface area (Å²) in [6.07, 6.45) is 0. The van der Waals surface area contributed by atoms with Gasteiger partial charge in [-0.15, -0.1) is 11.3 Å². The summed E-state index contributed by atoms with van der Waals surface area (Å²) in [5.74, 6) is 0.667. The predicted molar refractivity (Wildman–Crippen MR) is 200 cm³/mol. The molecule has 0 saturated heterocycles. The zero-order chi connectivity index (χ0) is 31.8. The van der Waals surface area contributed by atoms with Crippen LogP contribution in [0.25, 0.3) is 92.0 Å². The van der Waals surface area contributed by atoms with Crippen molar-refractivity contribution in [2.24, 2.45) is 0 Å². The minimum absolute atomic E-state index is 0.583. The molecule has 0 fully saturated rings. The molecule has 0 spiro atoms. The van der Waals surface area contributed by atoms with Gasteiger partial charge in [-0.25, -0.2) is 9.97 Å². The molecule has 0 radical (unpaired) electrons. The highest BCUT2D eigenvalue weighted by Crippen LogP contribution is 2.39. The fourth-order valence-corrected chi connectivity index (χ4v) is 8.32. The number of para-hydroxylation sites is 2. The van der Waals surface area contributed by atoms with Crippen LogP contribution in [0, 0.1) is 11.3 Å². The minimum atomic E-state index is 0.583. The topological polar surface area (TPSA) is 54.5 Å². The first-order chi connectivity index (χ1) is 23.7. The van der Waals surface area contributed by atoms with Crippen molar-refractivity contribution in [3.8, 4) is 34.4 Å². The number of benzene rings is 7. The predicted octanol–water partition coefficient (Wildman–Crippen LogP) is 11.5. The Morgan fingerprint density at radius 2 is 1.23 bits per heavy atom. The summed E-state index contributed by atoms with van der Waals surface area (Å²) in [5, 5.41) is 18.8. The summed E-state index contributed by atoms with van der Waals surface area (Å²) in [7, 11) is 0.